The highest BCUT2D eigenvalue weighted by Gasteiger charge is 2.24. The molecule has 0 saturated carbocycles. The minimum absolute atomic E-state index is 0.206. The van der Waals surface area contributed by atoms with Crippen molar-refractivity contribution < 1.29 is 19.3 Å². The van der Waals surface area contributed by atoms with Gasteiger partial charge < -0.3 is 29.5 Å². The SMILES string of the molecule is CNCC(O)COc1cccc(-c2nc(C[C@@H]3CCOC3)c(Cl)c(N3CCOCC3)n2)c1. The Morgan fingerprint density at radius 3 is 2.84 bits per heavy atom. The molecular weight excluding hydrogens is 432 g/mol. The van der Waals surface area contributed by atoms with Crippen molar-refractivity contribution in [2.75, 3.05) is 64.6 Å². The van der Waals surface area contributed by atoms with Gasteiger partial charge in [-0.1, -0.05) is 23.7 Å². The lowest BCUT2D eigenvalue weighted by molar-refractivity contribution is 0.108. The molecule has 1 unspecified atom stereocenters. The lowest BCUT2D eigenvalue weighted by Gasteiger charge is -2.29. The predicted molar refractivity (Wildman–Crippen MR) is 124 cm³/mol. The maximum absolute atomic E-state index is 9.93. The van der Waals surface area contributed by atoms with E-state index in [4.69, 9.17) is 35.8 Å². The zero-order valence-electron chi connectivity index (χ0n) is 18.4. The van der Waals surface area contributed by atoms with E-state index in [2.05, 4.69) is 10.2 Å². The smallest absolute Gasteiger partial charge is 0.162 e. The van der Waals surface area contributed by atoms with Gasteiger partial charge in [0, 0.05) is 38.4 Å². The number of aliphatic hydroxyl groups is 1. The van der Waals surface area contributed by atoms with Gasteiger partial charge in [0.15, 0.2) is 11.6 Å². The summed E-state index contributed by atoms with van der Waals surface area (Å²) in [4.78, 5) is 11.9. The van der Waals surface area contributed by atoms with Crippen LogP contribution in [0, 0.1) is 5.92 Å². The van der Waals surface area contributed by atoms with Gasteiger partial charge in [0.1, 0.15) is 23.5 Å². The van der Waals surface area contributed by atoms with E-state index in [1.807, 2.05) is 24.3 Å². The summed E-state index contributed by atoms with van der Waals surface area (Å²) in [5.74, 6) is 2.45. The van der Waals surface area contributed by atoms with E-state index in [0.717, 1.165) is 56.2 Å². The monoisotopic (exact) mass is 462 g/mol. The molecule has 2 saturated heterocycles. The molecule has 2 N–H and O–H groups in total. The average Bonchev–Trinajstić information content (AvgIpc) is 3.33. The molecule has 4 rings (SSSR count). The molecular formula is C23H31ClN4O4. The zero-order valence-corrected chi connectivity index (χ0v) is 19.2. The fourth-order valence-electron chi connectivity index (χ4n) is 3.96. The lowest BCUT2D eigenvalue weighted by Crippen LogP contribution is -2.37. The van der Waals surface area contributed by atoms with Crippen molar-refractivity contribution in [3.05, 3.63) is 35.0 Å². The van der Waals surface area contributed by atoms with Gasteiger partial charge in [0.2, 0.25) is 0 Å². The number of aliphatic hydroxyl groups excluding tert-OH is 1. The number of ether oxygens (including phenoxy) is 3. The Hall–Kier alpha value is -1.97. The van der Waals surface area contributed by atoms with Crippen molar-refractivity contribution in [2.45, 2.75) is 18.9 Å². The third-order valence-corrected chi connectivity index (χ3v) is 6.08. The number of aromatic nitrogens is 2. The topological polar surface area (TPSA) is 89.0 Å². The first-order valence-electron chi connectivity index (χ1n) is 11.2. The molecule has 2 aliphatic heterocycles. The van der Waals surface area contributed by atoms with E-state index >= 15 is 0 Å². The summed E-state index contributed by atoms with van der Waals surface area (Å²) in [7, 11) is 1.79. The van der Waals surface area contributed by atoms with Crippen molar-refractivity contribution >= 4 is 17.4 Å². The summed E-state index contributed by atoms with van der Waals surface area (Å²) in [6.45, 7) is 4.99. The number of benzene rings is 1. The second-order valence-corrected chi connectivity index (χ2v) is 8.59. The van der Waals surface area contributed by atoms with Crippen LogP contribution in [0.5, 0.6) is 5.75 Å². The summed E-state index contributed by atoms with van der Waals surface area (Å²) in [6, 6.07) is 7.64. The Morgan fingerprint density at radius 2 is 2.09 bits per heavy atom. The van der Waals surface area contributed by atoms with Crippen molar-refractivity contribution in [1.82, 2.24) is 15.3 Å². The molecule has 32 heavy (non-hydrogen) atoms. The van der Waals surface area contributed by atoms with Gasteiger partial charge in [-0.3, -0.25) is 0 Å². The molecule has 2 fully saturated rings. The van der Waals surface area contributed by atoms with Crippen LogP contribution >= 0.6 is 11.6 Å². The number of nitrogens with zero attached hydrogens (tertiary/aromatic N) is 3. The zero-order chi connectivity index (χ0) is 22.3. The summed E-state index contributed by atoms with van der Waals surface area (Å²) in [5.41, 5.74) is 1.70. The van der Waals surface area contributed by atoms with Gasteiger partial charge in [-0.2, -0.15) is 0 Å². The van der Waals surface area contributed by atoms with Crippen molar-refractivity contribution in [2.24, 2.45) is 5.92 Å². The van der Waals surface area contributed by atoms with E-state index in [9.17, 15) is 5.11 Å². The molecule has 2 aromatic rings. The number of anilines is 1. The molecule has 3 heterocycles. The van der Waals surface area contributed by atoms with Crippen molar-refractivity contribution in [3.63, 3.8) is 0 Å². The van der Waals surface area contributed by atoms with Crippen LogP contribution in [0.3, 0.4) is 0 Å². The maximum Gasteiger partial charge on any atom is 0.162 e. The predicted octanol–water partition coefficient (Wildman–Crippen LogP) is 2.17. The van der Waals surface area contributed by atoms with Gasteiger partial charge in [0.05, 0.1) is 18.9 Å². The Morgan fingerprint density at radius 1 is 1.25 bits per heavy atom. The molecule has 0 bridgehead atoms. The normalized spacial score (nSPS) is 19.8. The van der Waals surface area contributed by atoms with Gasteiger partial charge in [-0.15, -0.1) is 0 Å². The van der Waals surface area contributed by atoms with Crippen LogP contribution in [0.1, 0.15) is 12.1 Å². The molecule has 2 atom stereocenters. The van der Waals surface area contributed by atoms with Crippen LogP contribution in [-0.2, 0) is 15.9 Å². The van der Waals surface area contributed by atoms with E-state index in [0.29, 0.717) is 42.3 Å². The number of hydrogen-bond acceptors (Lipinski definition) is 8. The number of morpholine rings is 1. The standard InChI is InChI=1S/C23H31ClN4O4/c1-25-13-18(29)15-32-19-4-2-3-17(12-19)22-26-20(11-16-5-8-31-14-16)21(24)23(27-22)28-6-9-30-10-7-28/h2-4,12,16,18,25,29H,5-11,13-15H2,1H3/t16-,18?/m0/s1. The first-order valence-corrected chi connectivity index (χ1v) is 11.5. The average molecular weight is 463 g/mol. The quantitative estimate of drug-likeness (QED) is 0.586. The summed E-state index contributed by atoms with van der Waals surface area (Å²) in [6.07, 6.45) is 1.20. The third kappa shape index (κ3) is 5.88. The third-order valence-electron chi connectivity index (χ3n) is 5.69. The second kappa shape index (κ2) is 11.2. The summed E-state index contributed by atoms with van der Waals surface area (Å²) >= 11 is 6.82. The first-order chi connectivity index (χ1) is 15.6. The van der Waals surface area contributed by atoms with Crippen LogP contribution in [0.15, 0.2) is 24.3 Å². The number of nitrogens with one attached hydrogen (secondary N) is 1. The largest absolute Gasteiger partial charge is 0.491 e. The Kier molecular flexibility index (Phi) is 8.15. The minimum atomic E-state index is -0.580. The Labute approximate surface area is 193 Å². The van der Waals surface area contributed by atoms with Gasteiger partial charge in [-0.25, -0.2) is 9.97 Å². The maximum atomic E-state index is 9.93. The van der Waals surface area contributed by atoms with E-state index in [1.165, 1.54) is 0 Å². The molecule has 1 aromatic carbocycles. The number of hydrogen-bond donors (Lipinski definition) is 2. The van der Waals surface area contributed by atoms with Crippen LogP contribution in [0.25, 0.3) is 11.4 Å². The molecule has 174 valence electrons. The minimum Gasteiger partial charge on any atom is -0.491 e. The highest BCUT2D eigenvalue weighted by Crippen LogP contribution is 2.33. The van der Waals surface area contributed by atoms with Gasteiger partial charge in [-0.05, 0) is 37.9 Å². The molecule has 0 amide bonds. The van der Waals surface area contributed by atoms with Gasteiger partial charge >= 0.3 is 0 Å². The van der Waals surface area contributed by atoms with E-state index in [-0.39, 0.29) is 6.61 Å². The molecule has 0 radical (unpaired) electrons. The van der Waals surface area contributed by atoms with Crippen LogP contribution < -0.4 is 15.0 Å². The second-order valence-electron chi connectivity index (χ2n) is 8.21. The molecule has 2 aliphatic rings. The van der Waals surface area contributed by atoms with Crippen molar-refractivity contribution in [3.8, 4) is 17.1 Å². The van der Waals surface area contributed by atoms with Crippen LogP contribution in [-0.4, -0.2) is 80.9 Å². The van der Waals surface area contributed by atoms with E-state index < -0.39 is 6.10 Å². The number of halogens is 1. The fourth-order valence-corrected chi connectivity index (χ4v) is 4.24. The highest BCUT2D eigenvalue weighted by molar-refractivity contribution is 6.33. The Balaban J connectivity index is 1.62. The summed E-state index contributed by atoms with van der Waals surface area (Å²) < 4.78 is 16.8. The summed E-state index contributed by atoms with van der Waals surface area (Å²) in [5, 5.41) is 13.5. The molecule has 0 spiro atoms. The number of likely N-dealkylation sites (N-methyl/N-ethyl adjacent to an activating group) is 1. The molecule has 0 aliphatic carbocycles. The van der Waals surface area contributed by atoms with Crippen LogP contribution in [0.2, 0.25) is 5.02 Å². The molecule has 1 aromatic heterocycles. The first kappa shape index (κ1) is 23.2. The van der Waals surface area contributed by atoms with E-state index in [1.54, 1.807) is 7.05 Å². The lowest BCUT2D eigenvalue weighted by atomic mass is 10.0. The Bertz CT molecular complexity index is 888. The molecule has 8 nitrogen and oxygen atoms in total. The fraction of sp³-hybridized carbons (Fsp3) is 0.565. The van der Waals surface area contributed by atoms with Gasteiger partial charge in [0.25, 0.3) is 0 Å². The number of rotatable bonds is 9. The highest BCUT2D eigenvalue weighted by atomic mass is 35.5. The van der Waals surface area contributed by atoms with Crippen LogP contribution in [0.4, 0.5) is 5.82 Å². The molecule has 9 heteroatoms. The van der Waals surface area contributed by atoms with Crippen molar-refractivity contribution in [1.29, 1.82) is 0 Å².